The second kappa shape index (κ2) is 9.80. The van der Waals surface area contributed by atoms with E-state index in [4.69, 9.17) is 9.47 Å². The number of aromatic nitrogens is 5. The minimum absolute atomic E-state index is 0.174. The second-order valence-corrected chi connectivity index (χ2v) is 8.27. The van der Waals surface area contributed by atoms with E-state index in [1.165, 1.54) is 0 Å². The normalized spacial score (nSPS) is 18.7. The van der Waals surface area contributed by atoms with Crippen LogP contribution in [-0.4, -0.2) is 44.3 Å². The van der Waals surface area contributed by atoms with Crippen molar-refractivity contribution in [2.75, 3.05) is 17.7 Å². The fraction of sp³-hybridized carbons (Fsp3) is 0.240. The first-order valence-electron chi connectivity index (χ1n) is 11.2. The summed E-state index contributed by atoms with van der Waals surface area (Å²) >= 11 is 0. The molecular formula is C25H25N7O3. The Hall–Kier alpha value is -4.47. The number of pyridine rings is 1. The zero-order chi connectivity index (χ0) is 24.2. The van der Waals surface area contributed by atoms with Crippen LogP contribution in [0.25, 0.3) is 0 Å². The van der Waals surface area contributed by atoms with Crippen LogP contribution in [0.5, 0.6) is 11.5 Å². The highest BCUT2D eigenvalue weighted by atomic mass is 16.5. The van der Waals surface area contributed by atoms with Crippen LogP contribution < -0.4 is 20.1 Å². The third-order valence-corrected chi connectivity index (χ3v) is 5.99. The molecule has 0 saturated carbocycles. The molecular weight excluding hydrogens is 446 g/mol. The maximum absolute atomic E-state index is 13.5. The standard InChI is InChI=1S/C25H25N7O3/c1-16-22(24(33)28-19-9-6-12-26-14-19)23(32-25(27-16)29-30-31-32)18-10-11-20(21(13-18)34-2)35-15-17-7-4-3-5-8-17/h3-14,16,22-23H,15H2,1-2H3,(H,28,33)(H,27,29,31). The monoisotopic (exact) mass is 471 g/mol. The number of benzene rings is 2. The summed E-state index contributed by atoms with van der Waals surface area (Å²) in [6.45, 7) is 2.35. The number of amides is 1. The van der Waals surface area contributed by atoms with Crippen LogP contribution >= 0.6 is 0 Å². The van der Waals surface area contributed by atoms with E-state index in [0.29, 0.717) is 29.7 Å². The Labute approximate surface area is 202 Å². The first-order chi connectivity index (χ1) is 17.1. The van der Waals surface area contributed by atoms with Gasteiger partial charge in [-0.3, -0.25) is 9.78 Å². The van der Waals surface area contributed by atoms with Gasteiger partial charge in [0.2, 0.25) is 11.9 Å². The molecule has 2 N–H and O–H groups in total. The number of nitrogens with one attached hydrogen (secondary N) is 2. The molecule has 3 unspecified atom stereocenters. The van der Waals surface area contributed by atoms with E-state index in [-0.39, 0.29) is 11.9 Å². The number of methoxy groups -OCH3 is 1. The predicted octanol–water partition coefficient (Wildman–Crippen LogP) is 3.31. The van der Waals surface area contributed by atoms with Crippen molar-refractivity contribution >= 4 is 17.5 Å². The lowest BCUT2D eigenvalue weighted by Crippen LogP contribution is -2.46. The topological polar surface area (TPSA) is 116 Å². The summed E-state index contributed by atoms with van der Waals surface area (Å²) in [5, 5.41) is 18.3. The maximum atomic E-state index is 13.5. The third-order valence-electron chi connectivity index (χ3n) is 5.99. The maximum Gasteiger partial charge on any atom is 0.243 e. The van der Waals surface area contributed by atoms with Gasteiger partial charge in [-0.05, 0) is 52.7 Å². The van der Waals surface area contributed by atoms with E-state index in [1.807, 2.05) is 55.5 Å². The lowest BCUT2D eigenvalue weighted by molar-refractivity contribution is -0.121. The van der Waals surface area contributed by atoms with Crippen molar-refractivity contribution in [3.05, 3.63) is 84.2 Å². The van der Waals surface area contributed by atoms with Crippen LogP contribution in [0.2, 0.25) is 0 Å². The Bertz CT molecular complexity index is 1300. The molecule has 2 aromatic carbocycles. The van der Waals surface area contributed by atoms with E-state index in [0.717, 1.165) is 11.1 Å². The molecule has 0 radical (unpaired) electrons. The summed E-state index contributed by atoms with van der Waals surface area (Å²) in [7, 11) is 1.59. The molecule has 3 heterocycles. The highest BCUT2D eigenvalue weighted by Gasteiger charge is 2.42. The van der Waals surface area contributed by atoms with Gasteiger partial charge in [-0.25, -0.2) is 4.68 Å². The summed E-state index contributed by atoms with van der Waals surface area (Å²) in [4.78, 5) is 17.5. The van der Waals surface area contributed by atoms with E-state index >= 15 is 0 Å². The number of rotatable bonds is 7. The second-order valence-electron chi connectivity index (χ2n) is 8.27. The first kappa shape index (κ1) is 22.3. The molecule has 3 atom stereocenters. The largest absolute Gasteiger partial charge is 0.493 e. The van der Waals surface area contributed by atoms with E-state index in [9.17, 15) is 4.79 Å². The van der Waals surface area contributed by atoms with Gasteiger partial charge in [0.25, 0.3) is 0 Å². The molecule has 5 rings (SSSR count). The number of fused-ring (bicyclic) bond motifs is 1. The minimum Gasteiger partial charge on any atom is -0.493 e. The smallest absolute Gasteiger partial charge is 0.243 e. The Morgan fingerprint density at radius 3 is 2.74 bits per heavy atom. The molecule has 1 aliphatic rings. The number of ether oxygens (including phenoxy) is 2. The highest BCUT2D eigenvalue weighted by molar-refractivity contribution is 5.94. The number of carbonyl (C=O) groups excluding carboxylic acids is 1. The number of tetrazole rings is 1. The van der Waals surface area contributed by atoms with Gasteiger partial charge in [0.05, 0.1) is 31.0 Å². The van der Waals surface area contributed by atoms with Crippen LogP contribution in [0.4, 0.5) is 11.6 Å². The molecule has 1 aliphatic heterocycles. The zero-order valence-corrected chi connectivity index (χ0v) is 19.3. The van der Waals surface area contributed by atoms with Gasteiger partial charge in [0.1, 0.15) is 6.61 Å². The van der Waals surface area contributed by atoms with Crippen molar-refractivity contribution in [3.8, 4) is 11.5 Å². The highest BCUT2D eigenvalue weighted by Crippen LogP contribution is 2.39. The van der Waals surface area contributed by atoms with E-state index in [1.54, 1.807) is 36.3 Å². The van der Waals surface area contributed by atoms with Gasteiger partial charge < -0.3 is 20.1 Å². The third kappa shape index (κ3) is 4.63. The Balaban J connectivity index is 1.46. The molecule has 0 saturated heterocycles. The van der Waals surface area contributed by atoms with Crippen molar-refractivity contribution in [2.24, 2.45) is 5.92 Å². The van der Waals surface area contributed by atoms with E-state index in [2.05, 4.69) is 31.1 Å². The van der Waals surface area contributed by atoms with Crippen LogP contribution in [0, 0.1) is 5.92 Å². The van der Waals surface area contributed by atoms with Gasteiger partial charge in [0.15, 0.2) is 11.5 Å². The summed E-state index contributed by atoms with van der Waals surface area (Å²) in [5.74, 6) is 0.969. The molecule has 4 aromatic rings. The quantitative estimate of drug-likeness (QED) is 0.422. The Morgan fingerprint density at radius 2 is 1.97 bits per heavy atom. The lowest BCUT2D eigenvalue weighted by Gasteiger charge is -2.36. The Kier molecular flexibility index (Phi) is 6.25. The lowest BCUT2D eigenvalue weighted by atomic mass is 9.85. The number of hydrogen-bond acceptors (Lipinski definition) is 8. The van der Waals surface area contributed by atoms with Crippen LogP contribution in [0.3, 0.4) is 0 Å². The predicted molar refractivity (Wildman–Crippen MR) is 129 cm³/mol. The van der Waals surface area contributed by atoms with Gasteiger partial charge in [-0.15, -0.1) is 0 Å². The fourth-order valence-electron chi connectivity index (χ4n) is 4.30. The number of hydrogen-bond donors (Lipinski definition) is 2. The molecule has 2 aromatic heterocycles. The molecule has 1 amide bonds. The van der Waals surface area contributed by atoms with Crippen molar-refractivity contribution in [1.82, 2.24) is 25.2 Å². The van der Waals surface area contributed by atoms with Gasteiger partial charge in [0, 0.05) is 12.2 Å². The van der Waals surface area contributed by atoms with Crippen molar-refractivity contribution < 1.29 is 14.3 Å². The van der Waals surface area contributed by atoms with Gasteiger partial charge in [-0.1, -0.05) is 41.5 Å². The molecule has 0 bridgehead atoms. The van der Waals surface area contributed by atoms with Crippen molar-refractivity contribution in [1.29, 1.82) is 0 Å². The molecule has 35 heavy (non-hydrogen) atoms. The van der Waals surface area contributed by atoms with E-state index < -0.39 is 12.0 Å². The Morgan fingerprint density at radius 1 is 1.11 bits per heavy atom. The van der Waals surface area contributed by atoms with Crippen LogP contribution in [-0.2, 0) is 11.4 Å². The van der Waals surface area contributed by atoms with Gasteiger partial charge in [-0.2, -0.15) is 0 Å². The SMILES string of the molecule is COc1cc(C2C(C(=O)Nc3cccnc3)C(C)Nc3nnnn32)ccc1OCc1ccccc1. The summed E-state index contributed by atoms with van der Waals surface area (Å²) in [5.41, 5.74) is 2.49. The average Bonchev–Trinajstić information content (AvgIpc) is 3.35. The minimum atomic E-state index is -0.521. The van der Waals surface area contributed by atoms with Crippen LogP contribution in [0.1, 0.15) is 24.1 Å². The summed E-state index contributed by atoms with van der Waals surface area (Å²) in [6.07, 6.45) is 3.27. The number of anilines is 2. The van der Waals surface area contributed by atoms with Crippen molar-refractivity contribution in [3.63, 3.8) is 0 Å². The summed E-state index contributed by atoms with van der Waals surface area (Å²) in [6, 6.07) is 18.4. The molecule has 178 valence electrons. The molecule has 10 heteroatoms. The zero-order valence-electron chi connectivity index (χ0n) is 19.3. The summed E-state index contributed by atoms with van der Waals surface area (Å²) < 4.78 is 13.3. The molecule has 0 spiro atoms. The van der Waals surface area contributed by atoms with Crippen LogP contribution in [0.15, 0.2) is 73.1 Å². The fourth-order valence-corrected chi connectivity index (χ4v) is 4.30. The number of nitrogens with zero attached hydrogens (tertiary/aromatic N) is 5. The molecule has 10 nitrogen and oxygen atoms in total. The average molecular weight is 472 g/mol. The van der Waals surface area contributed by atoms with Gasteiger partial charge >= 0.3 is 0 Å². The van der Waals surface area contributed by atoms with Crippen molar-refractivity contribution in [2.45, 2.75) is 25.6 Å². The number of carbonyl (C=O) groups is 1. The first-order valence-corrected chi connectivity index (χ1v) is 11.2. The molecule has 0 aliphatic carbocycles. The molecule has 0 fully saturated rings.